The molecule has 0 fully saturated rings. The molecular weight excluding hydrogens is 156 g/mol. The minimum atomic E-state index is -0.0488. The summed E-state index contributed by atoms with van der Waals surface area (Å²) in [6.45, 7) is 2.04. The summed E-state index contributed by atoms with van der Waals surface area (Å²) in [6, 6.07) is 0. The minimum absolute atomic E-state index is 0.0488. The summed E-state index contributed by atoms with van der Waals surface area (Å²) >= 11 is 0. The molecule has 4 nitrogen and oxygen atoms in total. The number of nitrogens with zero attached hydrogens (tertiary/aromatic N) is 1. The molecule has 0 aromatic carbocycles. The lowest BCUT2D eigenvalue weighted by molar-refractivity contribution is -0.129. The summed E-state index contributed by atoms with van der Waals surface area (Å²) in [5, 5.41) is 2.63. The van der Waals surface area contributed by atoms with Gasteiger partial charge in [-0.15, -0.1) is 0 Å². The number of hydrogen-bond acceptors (Lipinski definition) is 2. The van der Waals surface area contributed by atoms with E-state index in [0.717, 1.165) is 0 Å². The van der Waals surface area contributed by atoms with Crippen molar-refractivity contribution in [2.45, 2.75) is 19.8 Å². The van der Waals surface area contributed by atoms with Crippen LogP contribution in [0.25, 0.3) is 0 Å². The van der Waals surface area contributed by atoms with Crippen LogP contribution in [0.1, 0.15) is 19.8 Å². The zero-order valence-corrected chi connectivity index (χ0v) is 7.89. The number of rotatable bonds is 4. The number of amides is 2. The van der Waals surface area contributed by atoms with Crippen LogP contribution in [-0.4, -0.2) is 37.4 Å². The van der Waals surface area contributed by atoms with E-state index in [2.05, 4.69) is 5.32 Å². The molecule has 1 N–H and O–H groups in total. The minimum Gasteiger partial charge on any atom is -0.356 e. The molecule has 0 saturated heterocycles. The fourth-order valence-corrected chi connectivity index (χ4v) is 0.728. The van der Waals surface area contributed by atoms with Crippen LogP contribution in [0.15, 0.2) is 0 Å². The molecule has 12 heavy (non-hydrogen) atoms. The largest absolute Gasteiger partial charge is 0.356 e. The standard InChI is InChI=1S/C8H16N2O2/c1-7(11)9-6-4-5-8(12)10(2)3/h4-6H2,1-3H3,(H,9,11). The molecule has 0 aliphatic carbocycles. The Labute approximate surface area is 72.9 Å². The van der Waals surface area contributed by atoms with Crippen LogP contribution in [0.2, 0.25) is 0 Å². The van der Waals surface area contributed by atoms with Crippen LogP contribution in [0.3, 0.4) is 0 Å². The number of carbonyl (C=O) groups excluding carboxylic acids is 2. The lowest BCUT2D eigenvalue weighted by Crippen LogP contribution is -2.25. The average molecular weight is 172 g/mol. The predicted octanol–water partition coefficient (Wildman–Crippen LogP) is -0.00910. The van der Waals surface area contributed by atoms with E-state index < -0.39 is 0 Å². The lowest BCUT2D eigenvalue weighted by atomic mass is 10.3. The molecule has 0 aromatic heterocycles. The van der Waals surface area contributed by atoms with Crippen LogP contribution in [0.5, 0.6) is 0 Å². The first-order chi connectivity index (χ1) is 5.54. The highest BCUT2D eigenvalue weighted by Gasteiger charge is 2.02. The van der Waals surface area contributed by atoms with E-state index >= 15 is 0 Å². The zero-order valence-electron chi connectivity index (χ0n) is 7.89. The van der Waals surface area contributed by atoms with E-state index in [1.165, 1.54) is 6.92 Å². The van der Waals surface area contributed by atoms with Crippen molar-refractivity contribution in [1.29, 1.82) is 0 Å². The van der Waals surface area contributed by atoms with Gasteiger partial charge < -0.3 is 10.2 Å². The van der Waals surface area contributed by atoms with Crippen LogP contribution in [0, 0.1) is 0 Å². The van der Waals surface area contributed by atoms with Crippen molar-refractivity contribution >= 4 is 11.8 Å². The highest BCUT2D eigenvalue weighted by Crippen LogP contribution is 1.91. The monoisotopic (exact) mass is 172 g/mol. The van der Waals surface area contributed by atoms with Crippen molar-refractivity contribution in [3.05, 3.63) is 0 Å². The molecule has 4 heteroatoms. The van der Waals surface area contributed by atoms with Gasteiger partial charge in [0.05, 0.1) is 0 Å². The van der Waals surface area contributed by atoms with Crippen molar-refractivity contribution in [2.75, 3.05) is 20.6 Å². The highest BCUT2D eigenvalue weighted by atomic mass is 16.2. The number of hydrogen-bond donors (Lipinski definition) is 1. The molecule has 0 unspecified atom stereocenters. The second kappa shape index (κ2) is 5.57. The average Bonchev–Trinajstić information content (AvgIpc) is 1.97. The SMILES string of the molecule is CC(=O)NCCCC(=O)N(C)C. The van der Waals surface area contributed by atoms with Gasteiger partial charge in [0.2, 0.25) is 11.8 Å². The van der Waals surface area contributed by atoms with E-state index in [4.69, 9.17) is 0 Å². The van der Waals surface area contributed by atoms with Gasteiger partial charge in [-0.25, -0.2) is 0 Å². The van der Waals surface area contributed by atoms with E-state index in [-0.39, 0.29) is 11.8 Å². The molecule has 0 aliphatic heterocycles. The van der Waals surface area contributed by atoms with Gasteiger partial charge in [0.15, 0.2) is 0 Å². The summed E-state index contributed by atoms with van der Waals surface area (Å²) in [5.74, 6) is 0.0488. The summed E-state index contributed by atoms with van der Waals surface area (Å²) in [5.41, 5.74) is 0. The Morgan fingerprint density at radius 1 is 1.33 bits per heavy atom. The van der Waals surface area contributed by atoms with E-state index in [0.29, 0.717) is 19.4 Å². The number of carbonyl (C=O) groups is 2. The van der Waals surface area contributed by atoms with Gasteiger partial charge >= 0.3 is 0 Å². The van der Waals surface area contributed by atoms with E-state index in [1.807, 2.05) is 0 Å². The Morgan fingerprint density at radius 3 is 2.33 bits per heavy atom. The fraction of sp³-hybridized carbons (Fsp3) is 0.750. The smallest absolute Gasteiger partial charge is 0.222 e. The van der Waals surface area contributed by atoms with Crippen molar-refractivity contribution in [2.24, 2.45) is 0 Å². The fourth-order valence-electron chi connectivity index (χ4n) is 0.728. The lowest BCUT2D eigenvalue weighted by Gasteiger charge is -2.09. The topological polar surface area (TPSA) is 49.4 Å². The second-order valence-electron chi connectivity index (χ2n) is 2.87. The summed E-state index contributed by atoms with van der Waals surface area (Å²) in [4.78, 5) is 23.0. The highest BCUT2D eigenvalue weighted by molar-refractivity contribution is 5.75. The molecule has 0 aromatic rings. The third-order valence-corrected chi connectivity index (χ3v) is 1.44. The Morgan fingerprint density at radius 2 is 1.92 bits per heavy atom. The first-order valence-electron chi connectivity index (χ1n) is 3.98. The first-order valence-corrected chi connectivity index (χ1v) is 3.98. The first kappa shape index (κ1) is 10.9. The van der Waals surface area contributed by atoms with Gasteiger partial charge in [-0.1, -0.05) is 0 Å². The van der Waals surface area contributed by atoms with Crippen LogP contribution >= 0.6 is 0 Å². The second-order valence-corrected chi connectivity index (χ2v) is 2.87. The van der Waals surface area contributed by atoms with E-state index in [1.54, 1.807) is 19.0 Å². The molecule has 2 amide bonds. The molecule has 70 valence electrons. The summed E-state index contributed by atoms with van der Waals surface area (Å²) in [7, 11) is 3.45. The Balaban J connectivity index is 3.32. The summed E-state index contributed by atoms with van der Waals surface area (Å²) < 4.78 is 0. The number of nitrogens with one attached hydrogen (secondary N) is 1. The third-order valence-electron chi connectivity index (χ3n) is 1.44. The molecule has 0 bridgehead atoms. The maximum atomic E-state index is 11.0. The van der Waals surface area contributed by atoms with Crippen LogP contribution in [0.4, 0.5) is 0 Å². The van der Waals surface area contributed by atoms with Crippen molar-refractivity contribution < 1.29 is 9.59 Å². The Kier molecular flexibility index (Phi) is 5.08. The van der Waals surface area contributed by atoms with Crippen molar-refractivity contribution in [3.63, 3.8) is 0 Å². The molecule has 0 spiro atoms. The quantitative estimate of drug-likeness (QED) is 0.606. The van der Waals surface area contributed by atoms with Gasteiger partial charge in [-0.05, 0) is 6.42 Å². The van der Waals surface area contributed by atoms with Gasteiger partial charge in [0.25, 0.3) is 0 Å². The maximum absolute atomic E-state index is 11.0. The van der Waals surface area contributed by atoms with Crippen molar-refractivity contribution in [1.82, 2.24) is 10.2 Å². The summed E-state index contributed by atoms with van der Waals surface area (Å²) in [6.07, 6.45) is 1.20. The molecule has 0 radical (unpaired) electrons. The van der Waals surface area contributed by atoms with Gasteiger partial charge in [-0.2, -0.15) is 0 Å². The van der Waals surface area contributed by atoms with Gasteiger partial charge in [0.1, 0.15) is 0 Å². The predicted molar refractivity (Wildman–Crippen MR) is 46.6 cm³/mol. The molecule has 0 heterocycles. The van der Waals surface area contributed by atoms with Gasteiger partial charge in [0, 0.05) is 34.0 Å². The molecule has 0 saturated carbocycles. The molecule has 0 aliphatic rings. The molecule has 0 rings (SSSR count). The third kappa shape index (κ3) is 5.70. The van der Waals surface area contributed by atoms with Crippen LogP contribution in [-0.2, 0) is 9.59 Å². The van der Waals surface area contributed by atoms with Crippen LogP contribution < -0.4 is 5.32 Å². The normalized spacial score (nSPS) is 9.25. The molecular formula is C8H16N2O2. The maximum Gasteiger partial charge on any atom is 0.222 e. The molecule has 0 atom stereocenters. The van der Waals surface area contributed by atoms with Gasteiger partial charge in [-0.3, -0.25) is 9.59 Å². The Hall–Kier alpha value is -1.06. The van der Waals surface area contributed by atoms with E-state index in [9.17, 15) is 9.59 Å². The zero-order chi connectivity index (χ0) is 9.56. The Bertz CT molecular complexity index is 166. The van der Waals surface area contributed by atoms with Crippen molar-refractivity contribution in [3.8, 4) is 0 Å².